The number of aromatic nitrogens is 5. The van der Waals surface area contributed by atoms with Crippen molar-refractivity contribution in [1.82, 2.24) is 30.2 Å². The first-order valence-electron chi connectivity index (χ1n) is 10.2. The Labute approximate surface area is 191 Å². The molecule has 12 heteroatoms. The number of aliphatic carboxylic acids is 1. The lowest BCUT2D eigenvalue weighted by molar-refractivity contribution is -0.192. The van der Waals surface area contributed by atoms with Crippen LogP contribution in [0.2, 0.25) is 0 Å². The van der Waals surface area contributed by atoms with Crippen molar-refractivity contribution in [3.63, 3.8) is 0 Å². The number of pyridine rings is 1. The number of nitrogens with zero attached hydrogens (tertiary/aromatic N) is 5. The van der Waals surface area contributed by atoms with E-state index in [0.29, 0.717) is 11.7 Å². The molecule has 176 valence electrons. The number of alkyl halides is 3. The van der Waals surface area contributed by atoms with Crippen LogP contribution < -0.4 is 5.32 Å². The molecule has 5 rings (SSSR count). The van der Waals surface area contributed by atoms with Gasteiger partial charge in [-0.2, -0.15) is 23.3 Å². The Morgan fingerprint density at radius 3 is 2.76 bits per heavy atom. The van der Waals surface area contributed by atoms with Crippen LogP contribution in [-0.2, 0) is 17.8 Å². The van der Waals surface area contributed by atoms with Crippen LogP contribution in [0.3, 0.4) is 0 Å². The maximum atomic E-state index is 10.6. The van der Waals surface area contributed by atoms with Crippen molar-refractivity contribution >= 4 is 5.97 Å². The van der Waals surface area contributed by atoms with Gasteiger partial charge in [0.25, 0.3) is 5.89 Å². The SMILES string of the molecule is Cc1ncc2c(c1-c1noc(-c3cccc(-n4cccn4)c3)n1)CCNC2.O=C(O)C(F)(F)F. The van der Waals surface area contributed by atoms with E-state index in [4.69, 9.17) is 14.4 Å². The highest BCUT2D eigenvalue weighted by atomic mass is 19.4. The van der Waals surface area contributed by atoms with E-state index in [2.05, 4.69) is 25.5 Å². The van der Waals surface area contributed by atoms with E-state index in [1.807, 2.05) is 49.6 Å². The molecule has 0 spiro atoms. The monoisotopic (exact) mass is 472 g/mol. The highest BCUT2D eigenvalue weighted by Crippen LogP contribution is 2.30. The second-order valence-corrected chi connectivity index (χ2v) is 7.38. The fraction of sp³-hybridized carbons (Fsp3) is 0.227. The van der Waals surface area contributed by atoms with Gasteiger partial charge in [-0.1, -0.05) is 11.2 Å². The molecule has 3 aromatic heterocycles. The second-order valence-electron chi connectivity index (χ2n) is 7.38. The van der Waals surface area contributed by atoms with E-state index in [9.17, 15) is 13.2 Å². The van der Waals surface area contributed by atoms with Crippen molar-refractivity contribution in [1.29, 1.82) is 0 Å². The first kappa shape index (κ1) is 23.1. The number of carboxylic acid groups (broad SMARTS) is 1. The number of nitrogens with one attached hydrogen (secondary N) is 1. The summed E-state index contributed by atoms with van der Waals surface area (Å²) in [6.45, 7) is 3.76. The number of halogens is 3. The smallest absolute Gasteiger partial charge is 0.475 e. The number of carboxylic acids is 1. The lowest BCUT2D eigenvalue weighted by Gasteiger charge is -2.19. The summed E-state index contributed by atoms with van der Waals surface area (Å²) in [7, 11) is 0. The number of aryl methyl sites for hydroxylation is 1. The van der Waals surface area contributed by atoms with Crippen molar-refractivity contribution in [2.45, 2.75) is 26.1 Å². The zero-order chi connectivity index (χ0) is 24.3. The standard InChI is InChI=1S/C20H18N6O.C2HF3O2/c1-13-18(17-6-8-21-11-15(17)12-22-13)19-24-20(27-25-19)14-4-2-5-16(10-14)26-9-3-7-23-26;3-2(4,5)1(6)7/h2-5,7,9-10,12,21H,6,8,11H2,1H3;(H,6,7). The minimum Gasteiger partial charge on any atom is -0.475 e. The Morgan fingerprint density at radius 2 is 2.06 bits per heavy atom. The fourth-order valence-corrected chi connectivity index (χ4v) is 3.51. The topological polar surface area (TPSA) is 119 Å². The van der Waals surface area contributed by atoms with Gasteiger partial charge in [0.2, 0.25) is 5.82 Å². The third-order valence-electron chi connectivity index (χ3n) is 5.09. The molecule has 0 amide bonds. The summed E-state index contributed by atoms with van der Waals surface area (Å²) in [5, 5.41) is 19.0. The Bertz CT molecular complexity index is 1300. The summed E-state index contributed by atoms with van der Waals surface area (Å²) in [5.41, 5.74) is 6.19. The number of carbonyl (C=O) groups is 1. The second kappa shape index (κ2) is 9.43. The summed E-state index contributed by atoms with van der Waals surface area (Å²) in [4.78, 5) is 18.1. The Hall–Kier alpha value is -4.06. The molecule has 9 nitrogen and oxygen atoms in total. The summed E-state index contributed by atoms with van der Waals surface area (Å²) < 4.78 is 39.1. The van der Waals surface area contributed by atoms with Gasteiger partial charge < -0.3 is 14.9 Å². The van der Waals surface area contributed by atoms with E-state index >= 15 is 0 Å². The molecule has 1 aromatic carbocycles. The predicted octanol–water partition coefficient (Wildman–Crippen LogP) is 3.57. The molecule has 1 aliphatic heterocycles. The molecule has 0 saturated heterocycles. The van der Waals surface area contributed by atoms with Crippen LogP contribution in [0.4, 0.5) is 13.2 Å². The number of hydrogen-bond donors (Lipinski definition) is 2. The molecule has 0 unspecified atom stereocenters. The van der Waals surface area contributed by atoms with Crippen LogP contribution >= 0.6 is 0 Å². The maximum Gasteiger partial charge on any atom is 0.490 e. The van der Waals surface area contributed by atoms with Crippen molar-refractivity contribution in [2.75, 3.05) is 6.54 Å². The van der Waals surface area contributed by atoms with E-state index in [1.165, 1.54) is 11.1 Å². The van der Waals surface area contributed by atoms with Gasteiger partial charge in [-0.25, -0.2) is 9.48 Å². The Kier molecular flexibility index (Phi) is 6.41. The lowest BCUT2D eigenvalue weighted by atomic mass is 9.95. The van der Waals surface area contributed by atoms with Gasteiger partial charge in [0, 0.05) is 42.0 Å². The molecule has 0 atom stereocenters. The van der Waals surface area contributed by atoms with Crippen molar-refractivity contribution in [3.05, 3.63) is 65.7 Å². The normalized spacial score (nSPS) is 13.1. The molecular formula is C22H19F3N6O3. The zero-order valence-corrected chi connectivity index (χ0v) is 17.9. The highest BCUT2D eigenvalue weighted by Gasteiger charge is 2.38. The van der Waals surface area contributed by atoms with E-state index in [-0.39, 0.29) is 0 Å². The van der Waals surface area contributed by atoms with Gasteiger partial charge in [-0.05, 0) is 55.3 Å². The molecule has 34 heavy (non-hydrogen) atoms. The van der Waals surface area contributed by atoms with Crippen LogP contribution in [0, 0.1) is 6.92 Å². The number of rotatable bonds is 3. The third-order valence-corrected chi connectivity index (χ3v) is 5.09. The molecule has 1 aliphatic rings. The number of benzene rings is 1. The predicted molar refractivity (Wildman–Crippen MR) is 114 cm³/mol. The van der Waals surface area contributed by atoms with Gasteiger partial charge in [-0.15, -0.1) is 0 Å². The van der Waals surface area contributed by atoms with Crippen molar-refractivity contribution < 1.29 is 27.6 Å². The summed E-state index contributed by atoms with van der Waals surface area (Å²) in [6, 6.07) is 9.78. The van der Waals surface area contributed by atoms with Crippen LogP contribution in [0.5, 0.6) is 0 Å². The van der Waals surface area contributed by atoms with Gasteiger partial charge in [0.05, 0.1) is 5.69 Å². The van der Waals surface area contributed by atoms with Crippen LogP contribution in [0.25, 0.3) is 28.5 Å². The van der Waals surface area contributed by atoms with E-state index in [1.54, 1.807) is 10.9 Å². The largest absolute Gasteiger partial charge is 0.490 e. The molecule has 0 aliphatic carbocycles. The van der Waals surface area contributed by atoms with Gasteiger partial charge in [0.1, 0.15) is 0 Å². The minimum atomic E-state index is -5.08. The van der Waals surface area contributed by atoms with Crippen molar-refractivity contribution in [3.8, 4) is 28.5 Å². The quantitative estimate of drug-likeness (QED) is 0.465. The molecule has 0 bridgehead atoms. The molecule has 4 aromatic rings. The molecular weight excluding hydrogens is 453 g/mol. The van der Waals surface area contributed by atoms with Crippen LogP contribution in [0.1, 0.15) is 16.8 Å². The lowest BCUT2D eigenvalue weighted by Crippen LogP contribution is -2.24. The molecule has 0 saturated carbocycles. The summed E-state index contributed by atoms with van der Waals surface area (Å²) >= 11 is 0. The molecule has 0 fully saturated rings. The summed E-state index contributed by atoms with van der Waals surface area (Å²) in [5.74, 6) is -1.67. The molecule has 4 heterocycles. The number of hydrogen-bond acceptors (Lipinski definition) is 7. The first-order valence-corrected chi connectivity index (χ1v) is 10.2. The fourth-order valence-electron chi connectivity index (χ4n) is 3.51. The molecule has 0 radical (unpaired) electrons. The maximum absolute atomic E-state index is 10.6. The minimum absolute atomic E-state index is 0.491. The van der Waals surface area contributed by atoms with Crippen LogP contribution in [-0.4, -0.2) is 48.7 Å². The summed E-state index contributed by atoms with van der Waals surface area (Å²) in [6.07, 6.45) is 1.44. The molecule has 2 N–H and O–H groups in total. The average Bonchev–Trinajstić information content (AvgIpc) is 3.52. The van der Waals surface area contributed by atoms with E-state index in [0.717, 1.165) is 42.0 Å². The third kappa shape index (κ3) is 4.96. The van der Waals surface area contributed by atoms with Gasteiger partial charge in [0.15, 0.2) is 0 Å². The number of fused-ring (bicyclic) bond motifs is 1. The Morgan fingerprint density at radius 1 is 1.26 bits per heavy atom. The zero-order valence-electron chi connectivity index (χ0n) is 17.9. The first-order chi connectivity index (χ1) is 16.2. The van der Waals surface area contributed by atoms with Crippen LogP contribution in [0.15, 0.2) is 53.4 Å². The Balaban J connectivity index is 0.000000344. The van der Waals surface area contributed by atoms with E-state index < -0.39 is 12.1 Å². The van der Waals surface area contributed by atoms with Gasteiger partial charge >= 0.3 is 12.1 Å². The highest BCUT2D eigenvalue weighted by molar-refractivity contribution is 5.73. The van der Waals surface area contributed by atoms with Crippen molar-refractivity contribution in [2.24, 2.45) is 0 Å². The van der Waals surface area contributed by atoms with Gasteiger partial charge in [-0.3, -0.25) is 4.98 Å². The average molecular weight is 472 g/mol.